The van der Waals surface area contributed by atoms with Gasteiger partial charge in [0.25, 0.3) is 0 Å². The van der Waals surface area contributed by atoms with Crippen molar-refractivity contribution in [3.05, 3.63) is 30.1 Å². The molecule has 2 amide bonds. The van der Waals surface area contributed by atoms with E-state index in [4.69, 9.17) is 4.74 Å². The third-order valence-corrected chi connectivity index (χ3v) is 4.15. The molecule has 1 aromatic heterocycles. The zero-order chi connectivity index (χ0) is 14.8. The maximum Gasteiger partial charge on any atom is 0.242 e. The largest absolute Gasteiger partial charge is 0.383 e. The van der Waals surface area contributed by atoms with E-state index in [0.717, 1.165) is 12.1 Å². The Hall–Kier alpha value is -1.95. The summed E-state index contributed by atoms with van der Waals surface area (Å²) >= 11 is 0. The van der Waals surface area contributed by atoms with Crippen LogP contribution in [0.5, 0.6) is 0 Å². The summed E-state index contributed by atoms with van der Waals surface area (Å²) in [7, 11) is 1.64. The van der Waals surface area contributed by atoms with Crippen molar-refractivity contribution in [1.82, 2.24) is 14.8 Å². The number of pyridine rings is 1. The number of carbonyl (C=O) groups is 2. The molecule has 0 aliphatic carbocycles. The number of methoxy groups -OCH3 is 1. The van der Waals surface area contributed by atoms with Crippen molar-refractivity contribution in [2.45, 2.75) is 24.9 Å². The molecule has 2 fully saturated rings. The van der Waals surface area contributed by atoms with E-state index in [-0.39, 0.29) is 36.9 Å². The monoisotopic (exact) mass is 289 g/mol. The second kappa shape index (κ2) is 5.81. The minimum Gasteiger partial charge on any atom is -0.383 e. The molecule has 0 saturated carbocycles. The molecule has 2 saturated heterocycles. The number of nitrogens with zero attached hydrogens (tertiary/aromatic N) is 3. The summed E-state index contributed by atoms with van der Waals surface area (Å²) in [5.74, 6) is -0.00851. The Balaban J connectivity index is 1.59. The number of ether oxygens (including phenoxy) is 1. The fourth-order valence-electron chi connectivity index (χ4n) is 3.14. The molecule has 0 bridgehead atoms. The Labute approximate surface area is 123 Å². The van der Waals surface area contributed by atoms with Crippen LogP contribution in [0.2, 0.25) is 0 Å². The zero-order valence-electron chi connectivity index (χ0n) is 12.1. The first-order valence-corrected chi connectivity index (χ1v) is 7.17. The summed E-state index contributed by atoms with van der Waals surface area (Å²) < 4.78 is 5.11. The summed E-state index contributed by atoms with van der Waals surface area (Å²) in [6.45, 7) is 1.37. The molecule has 112 valence electrons. The Morgan fingerprint density at radius 2 is 2.33 bits per heavy atom. The first-order chi connectivity index (χ1) is 10.2. The van der Waals surface area contributed by atoms with Crippen molar-refractivity contribution in [3.63, 3.8) is 0 Å². The van der Waals surface area contributed by atoms with E-state index in [1.54, 1.807) is 18.2 Å². The first-order valence-electron chi connectivity index (χ1n) is 7.17. The lowest BCUT2D eigenvalue weighted by molar-refractivity contribution is -0.163. The maximum atomic E-state index is 12.3. The molecule has 6 heteroatoms. The van der Waals surface area contributed by atoms with Gasteiger partial charge in [0.05, 0.1) is 31.7 Å². The third-order valence-electron chi connectivity index (χ3n) is 4.15. The SMILES string of the molecule is COC[C@@H]1C[C@@H]2CN(C(=O)Cc3ccccn3)CC(=O)N12. The molecule has 21 heavy (non-hydrogen) atoms. The van der Waals surface area contributed by atoms with Gasteiger partial charge in [-0.25, -0.2) is 0 Å². The smallest absolute Gasteiger partial charge is 0.242 e. The predicted molar refractivity (Wildman–Crippen MR) is 75.4 cm³/mol. The molecule has 2 atom stereocenters. The summed E-state index contributed by atoms with van der Waals surface area (Å²) in [6.07, 6.45) is 2.84. The van der Waals surface area contributed by atoms with Gasteiger partial charge in [-0.15, -0.1) is 0 Å². The van der Waals surface area contributed by atoms with Gasteiger partial charge in [0.2, 0.25) is 11.8 Å². The van der Waals surface area contributed by atoms with Gasteiger partial charge in [0.15, 0.2) is 0 Å². The van der Waals surface area contributed by atoms with E-state index in [1.807, 2.05) is 23.1 Å². The summed E-state index contributed by atoms with van der Waals surface area (Å²) in [6, 6.07) is 5.84. The quantitative estimate of drug-likeness (QED) is 0.787. The van der Waals surface area contributed by atoms with E-state index in [0.29, 0.717) is 13.2 Å². The number of fused-ring (bicyclic) bond motifs is 1. The van der Waals surface area contributed by atoms with Crippen LogP contribution in [0.25, 0.3) is 0 Å². The van der Waals surface area contributed by atoms with Gasteiger partial charge in [-0.3, -0.25) is 14.6 Å². The first kappa shape index (κ1) is 14.0. The van der Waals surface area contributed by atoms with Crippen molar-refractivity contribution in [1.29, 1.82) is 0 Å². The number of carbonyl (C=O) groups excluding carboxylic acids is 2. The van der Waals surface area contributed by atoms with Crippen LogP contribution in [-0.2, 0) is 20.7 Å². The summed E-state index contributed by atoms with van der Waals surface area (Å²) in [4.78, 5) is 32.1. The van der Waals surface area contributed by atoms with Crippen molar-refractivity contribution in [3.8, 4) is 0 Å². The molecular weight excluding hydrogens is 270 g/mol. The number of aromatic nitrogens is 1. The van der Waals surface area contributed by atoms with E-state index < -0.39 is 0 Å². The van der Waals surface area contributed by atoms with Crippen LogP contribution < -0.4 is 0 Å². The lowest BCUT2D eigenvalue weighted by Crippen LogP contribution is -2.69. The predicted octanol–water partition coefficient (Wildman–Crippen LogP) is 0.0822. The molecule has 2 aliphatic heterocycles. The molecule has 0 unspecified atom stereocenters. The van der Waals surface area contributed by atoms with Crippen LogP contribution in [0.3, 0.4) is 0 Å². The second-order valence-corrected chi connectivity index (χ2v) is 5.57. The number of hydrogen-bond acceptors (Lipinski definition) is 4. The summed E-state index contributed by atoms with van der Waals surface area (Å²) in [5, 5.41) is 0. The Kier molecular flexibility index (Phi) is 3.88. The van der Waals surface area contributed by atoms with Gasteiger partial charge in [0, 0.05) is 25.5 Å². The fraction of sp³-hybridized carbons (Fsp3) is 0.533. The second-order valence-electron chi connectivity index (χ2n) is 5.57. The highest BCUT2D eigenvalue weighted by atomic mass is 16.5. The topological polar surface area (TPSA) is 62.7 Å². The van der Waals surface area contributed by atoms with Gasteiger partial charge in [-0.05, 0) is 18.6 Å². The van der Waals surface area contributed by atoms with Crippen molar-refractivity contribution in [2.75, 3.05) is 26.8 Å². The molecule has 3 rings (SSSR count). The standard InChI is InChI=1S/C15H19N3O3/c1-21-10-13-7-12-8-17(9-15(20)18(12)13)14(19)6-11-4-2-3-5-16-11/h2-5,12-13H,6-10H2,1H3/t12-,13+/m1/s1. The Morgan fingerprint density at radius 3 is 3.00 bits per heavy atom. The maximum absolute atomic E-state index is 12.3. The van der Waals surface area contributed by atoms with Crippen molar-refractivity contribution >= 4 is 11.8 Å². The Bertz CT molecular complexity index is 534. The van der Waals surface area contributed by atoms with Gasteiger partial charge in [0.1, 0.15) is 0 Å². The number of piperazine rings is 1. The van der Waals surface area contributed by atoms with Crippen molar-refractivity contribution < 1.29 is 14.3 Å². The number of rotatable bonds is 4. The van der Waals surface area contributed by atoms with E-state index in [1.165, 1.54) is 0 Å². The summed E-state index contributed by atoms with van der Waals surface area (Å²) in [5.41, 5.74) is 0.739. The number of hydrogen-bond donors (Lipinski definition) is 0. The van der Waals surface area contributed by atoms with Gasteiger partial charge in [-0.1, -0.05) is 6.07 Å². The van der Waals surface area contributed by atoms with Crippen LogP contribution in [-0.4, -0.2) is 65.5 Å². The minimum atomic E-state index is -0.0307. The van der Waals surface area contributed by atoms with Crippen LogP contribution in [0.15, 0.2) is 24.4 Å². The molecule has 2 aliphatic rings. The molecule has 3 heterocycles. The Morgan fingerprint density at radius 1 is 1.48 bits per heavy atom. The normalized spacial score (nSPS) is 24.5. The van der Waals surface area contributed by atoms with Crippen LogP contribution in [0.1, 0.15) is 12.1 Å². The molecule has 0 aromatic carbocycles. The average molecular weight is 289 g/mol. The zero-order valence-corrected chi connectivity index (χ0v) is 12.1. The van der Waals surface area contributed by atoms with Gasteiger partial charge in [-0.2, -0.15) is 0 Å². The third kappa shape index (κ3) is 2.76. The highest BCUT2D eigenvalue weighted by Gasteiger charge is 2.46. The molecule has 0 spiro atoms. The highest BCUT2D eigenvalue weighted by Crippen LogP contribution is 2.30. The van der Waals surface area contributed by atoms with Crippen molar-refractivity contribution in [2.24, 2.45) is 0 Å². The minimum absolute atomic E-state index is 0.0221. The lowest BCUT2D eigenvalue weighted by Gasteiger charge is -2.53. The average Bonchev–Trinajstić information content (AvgIpc) is 2.45. The van der Waals surface area contributed by atoms with E-state index >= 15 is 0 Å². The lowest BCUT2D eigenvalue weighted by atomic mass is 9.90. The van der Waals surface area contributed by atoms with Gasteiger partial charge < -0.3 is 14.5 Å². The molecule has 0 N–H and O–H groups in total. The van der Waals surface area contributed by atoms with Crippen LogP contribution in [0.4, 0.5) is 0 Å². The van der Waals surface area contributed by atoms with Crippen LogP contribution in [0, 0.1) is 0 Å². The molecule has 0 radical (unpaired) electrons. The number of amides is 2. The van der Waals surface area contributed by atoms with E-state index in [9.17, 15) is 9.59 Å². The van der Waals surface area contributed by atoms with Gasteiger partial charge >= 0.3 is 0 Å². The van der Waals surface area contributed by atoms with Crippen LogP contribution >= 0.6 is 0 Å². The molecule has 6 nitrogen and oxygen atoms in total. The molecule has 1 aromatic rings. The highest BCUT2D eigenvalue weighted by molar-refractivity contribution is 5.88. The van der Waals surface area contributed by atoms with E-state index in [2.05, 4.69) is 4.98 Å². The fourth-order valence-corrected chi connectivity index (χ4v) is 3.14. The molecular formula is C15H19N3O3.